The summed E-state index contributed by atoms with van der Waals surface area (Å²) in [7, 11) is 1.67. The van der Waals surface area contributed by atoms with Gasteiger partial charge in [-0.05, 0) is 13.8 Å². The molecule has 0 unspecified atom stereocenters. The van der Waals surface area contributed by atoms with Crippen LogP contribution in [0.25, 0.3) is 10.3 Å². The molecule has 88 valence electrons. The van der Waals surface area contributed by atoms with Crippen molar-refractivity contribution in [1.29, 1.82) is 5.26 Å². The molecule has 2 rings (SSSR count). The zero-order valence-corrected chi connectivity index (χ0v) is 10.7. The van der Waals surface area contributed by atoms with E-state index in [1.54, 1.807) is 7.05 Å². The van der Waals surface area contributed by atoms with E-state index in [2.05, 4.69) is 10.3 Å². The van der Waals surface area contributed by atoms with Crippen LogP contribution in [0, 0.1) is 18.3 Å². The lowest BCUT2D eigenvalue weighted by atomic mass is 10.2. The van der Waals surface area contributed by atoms with Crippen LogP contribution in [0.5, 0.6) is 0 Å². The summed E-state index contributed by atoms with van der Waals surface area (Å²) in [6.45, 7) is 4.45. The van der Waals surface area contributed by atoms with Crippen molar-refractivity contribution in [2.75, 3.05) is 11.9 Å². The summed E-state index contributed by atoms with van der Waals surface area (Å²) in [5.74, 6) is 0. The number of hydrogen-bond acceptors (Lipinski definition) is 5. The van der Waals surface area contributed by atoms with E-state index in [1.807, 2.05) is 19.9 Å². The monoisotopic (exact) mass is 248 g/mol. The number of rotatable bonds is 2. The quantitative estimate of drug-likeness (QED) is 0.876. The van der Waals surface area contributed by atoms with Crippen LogP contribution in [0.3, 0.4) is 0 Å². The number of nitrogens with one attached hydrogen (secondary N) is 1. The molecule has 0 aliphatic heterocycles. The molecular weight excluding hydrogens is 236 g/mol. The highest BCUT2D eigenvalue weighted by molar-refractivity contribution is 7.18. The van der Waals surface area contributed by atoms with E-state index in [4.69, 9.17) is 5.26 Å². The van der Waals surface area contributed by atoms with Gasteiger partial charge in [-0.2, -0.15) is 5.26 Å². The average molecular weight is 248 g/mol. The van der Waals surface area contributed by atoms with Crippen LogP contribution in [0.15, 0.2) is 4.79 Å². The van der Waals surface area contributed by atoms with Crippen molar-refractivity contribution in [3.8, 4) is 6.07 Å². The Morgan fingerprint density at radius 2 is 2.29 bits per heavy atom. The number of fused-ring (bicyclic) bond motifs is 1. The van der Waals surface area contributed by atoms with Gasteiger partial charge in [-0.15, -0.1) is 11.3 Å². The number of pyridine rings is 1. The molecule has 0 aliphatic carbocycles. The number of aryl methyl sites for hydroxylation is 2. The molecular formula is C11H12N4OS. The Hall–Kier alpha value is -1.87. The lowest BCUT2D eigenvalue weighted by molar-refractivity contribution is 0.908. The fourth-order valence-electron chi connectivity index (χ4n) is 1.74. The van der Waals surface area contributed by atoms with Crippen LogP contribution < -0.4 is 10.9 Å². The zero-order chi connectivity index (χ0) is 12.6. The molecule has 0 atom stereocenters. The normalized spacial score (nSPS) is 10.5. The van der Waals surface area contributed by atoms with Crippen LogP contribution in [0.1, 0.15) is 17.5 Å². The topological polar surface area (TPSA) is 70.7 Å². The van der Waals surface area contributed by atoms with Crippen molar-refractivity contribution >= 4 is 27.4 Å². The summed E-state index contributed by atoms with van der Waals surface area (Å²) in [6, 6.07) is 1.96. The molecule has 6 heteroatoms. The van der Waals surface area contributed by atoms with Crippen molar-refractivity contribution in [2.24, 2.45) is 7.05 Å². The Kier molecular flexibility index (Phi) is 2.86. The lowest BCUT2D eigenvalue weighted by Crippen LogP contribution is -2.21. The maximum Gasteiger partial charge on any atom is 0.271 e. The first-order valence-electron chi connectivity index (χ1n) is 5.24. The molecule has 0 aromatic carbocycles. The van der Waals surface area contributed by atoms with E-state index in [0.717, 1.165) is 9.84 Å². The van der Waals surface area contributed by atoms with Gasteiger partial charge in [-0.3, -0.25) is 4.79 Å². The molecule has 0 bridgehead atoms. The number of anilines is 1. The van der Waals surface area contributed by atoms with Gasteiger partial charge in [0.25, 0.3) is 5.56 Å². The van der Waals surface area contributed by atoms with Crippen molar-refractivity contribution < 1.29 is 0 Å². The van der Waals surface area contributed by atoms with Crippen molar-refractivity contribution in [3.63, 3.8) is 0 Å². The van der Waals surface area contributed by atoms with E-state index < -0.39 is 0 Å². The maximum absolute atomic E-state index is 12.0. The van der Waals surface area contributed by atoms with Gasteiger partial charge in [0.05, 0.1) is 10.7 Å². The molecule has 5 nitrogen and oxygen atoms in total. The molecule has 0 saturated carbocycles. The number of nitrogens with zero attached hydrogens (tertiary/aromatic N) is 3. The van der Waals surface area contributed by atoms with Gasteiger partial charge >= 0.3 is 0 Å². The Morgan fingerprint density at radius 1 is 1.59 bits per heavy atom. The first kappa shape index (κ1) is 11.6. The summed E-state index contributed by atoms with van der Waals surface area (Å²) >= 11 is 1.45. The number of aromatic nitrogens is 2. The molecule has 2 aromatic rings. The molecule has 0 radical (unpaired) electrons. The molecule has 0 fully saturated rings. The second-order valence-electron chi connectivity index (χ2n) is 3.64. The lowest BCUT2D eigenvalue weighted by Gasteiger charge is -2.08. The smallest absolute Gasteiger partial charge is 0.271 e. The highest BCUT2D eigenvalue weighted by Crippen LogP contribution is 2.28. The van der Waals surface area contributed by atoms with Crippen molar-refractivity contribution in [2.45, 2.75) is 13.8 Å². The van der Waals surface area contributed by atoms with E-state index in [9.17, 15) is 4.79 Å². The summed E-state index contributed by atoms with van der Waals surface area (Å²) in [4.78, 5) is 17.2. The third-order valence-electron chi connectivity index (χ3n) is 2.49. The SMILES string of the molecule is CCNc1c(C#N)c(=O)n(C)c2sc(C)nc12. The van der Waals surface area contributed by atoms with Crippen LogP contribution >= 0.6 is 11.3 Å². The van der Waals surface area contributed by atoms with E-state index in [-0.39, 0.29) is 11.1 Å². The minimum Gasteiger partial charge on any atom is -0.382 e. The van der Waals surface area contributed by atoms with Gasteiger partial charge in [-0.25, -0.2) is 4.98 Å². The van der Waals surface area contributed by atoms with Gasteiger partial charge in [0.2, 0.25) is 0 Å². The predicted octanol–water partition coefficient (Wildman–Crippen LogP) is 1.61. The summed E-state index contributed by atoms with van der Waals surface area (Å²) in [5.41, 5.74) is 1.11. The van der Waals surface area contributed by atoms with E-state index >= 15 is 0 Å². The first-order valence-corrected chi connectivity index (χ1v) is 6.05. The second kappa shape index (κ2) is 4.18. The first-order chi connectivity index (χ1) is 8.10. The number of thiazole rings is 1. The zero-order valence-electron chi connectivity index (χ0n) is 9.87. The highest BCUT2D eigenvalue weighted by Gasteiger charge is 2.17. The van der Waals surface area contributed by atoms with Crippen LogP contribution in [-0.2, 0) is 7.05 Å². The molecule has 1 N–H and O–H groups in total. The third-order valence-corrected chi connectivity index (χ3v) is 3.54. The molecule has 2 heterocycles. The summed E-state index contributed by atoms with van der Waals surface area (Å²) in [5, 5.41) is 13.0. The van der Waals surface area contributed by atoms with Gasteiger partial charge in [0.15, 0.2) is 0 Å². The Morgan fingerprint density at radius 3 is 2.88 bits per heavy atom. The predicted molar refractivity (Wildman–Crippen MR) is 68.5 cm³/mol. The summed E-state index contributed by atoms with van der Waals surface area (Å²) in [6.07, 6.45) is 0. The number of hydrogen-bond donors (Lipinski definition) is 1. The molecule has 17 heavy (non-hydrogen) atoms. The second-order valence-corrected chi connectivity index (χ2v) is 4.82. The summed E-state index contributed by atoms with van der Waals surface area (Å²) < 4.78 is 1.49. The highest BCUT2D eigenvalue weighted by atomic mass is 32.1. The Balaban J connectivity index is 2.97. The van der Waals surface area contributed by atoms with Gasteiger partial charge in [0, 0.05) is 13.6 Å². The van der Waals surface area contributed by atoms with Crippen LogP contribution in [0.4, 0.5) is 5.69 Å². The molecule has 2 aromatic heterocycles. The maximum atomic E-state index is 12.0. The Labute approximate surface area is 102 Å². The number of nitriles is 1. The fourth-order valence-corrected chi connectivity index (χ4v) is 2.63. The average Bonchev–Trinajstić information content (AvgIpc) is 2.68. The Bertz CT molecular complexity index is 677. The standard InChI is InChI=1S/C11H12N4OS/c1-4-13-8-7(5-12)10(16)15(3)11-9(8)14-6(2)17-11/h13H,4H2,1-3H3. The fraction of sp³-hybridized carbons (Fsp3) is 0.364. The molecule has 0 spiro atoms. The molecule has 0 aliphatic rings. The minimum absolute atomic E-state index is 0.132. The van der Waals surface area contributed by atoms with Crippen molar-refractivity contribution in [1.82, 2.24) is 9.55 Å². The van der Waals surface area contributed by atoms with E-state index in [1.165, 1.54) is 15.9 Å². The van der Waals surface area contributed by atoms with E-state index in [0.29, 0.717) is 17.7 Å². The van der Waals surface area contributed by atoms with Gasteiger partial charge in [0.1, 0.15) is 22.0 Å². The molecule has 0 amide bonds. The third kappa shape index (κ3) is 1.68. The van der Waals surface area contributed by atoms with Gasteiger partial charge < -0.3 is 9.88 Å². The van der Waals surface area contributed by atoms with Gasteiger partial charge in [-0.1, -0.05) is 0 Å². The largest absolute Gasteiger partial charge is 0.382 e. The van der Waals surface area contributed by atoms with Crippen LogP contribution in [-0.4, -0.2) is 16.1 Å². The minimum atomic E-state index is -0.278. The molecule has 0 saturated heterocycles. The van der Waals surface area contributed by atoms with Crippen LogP contribution in [0.2, 0.25) is 0 Å². The van der Waals surface area contributed by atoms with Crippen molar-refractivity contribution in [3.05, 3.63) is 20.9 Å².